The number of nitrogens with zero attached hydrogens (tertiary/aromatic N) is 1. The fraction of sp³-hybridized carbons (Fsp3) is 0.400. The van der Waals surface area contributed by atoms with Crippen molar-refractivity contribution in [2.75, 3.05) is 34.0 Å². The number of carbonyl (C=O) groups excluding carboxylic acids is 1. The summed E-state index contributed by atoms with van der Waals surface area (Å²) in [6.45, 7) is 2.54. The van der Waals surface area contributed by atoms with Gasteiger partial charge >= 0.3 is 0 Å². The largest absolute Gasteiger partial charge is 0.492 e. The van der Waals surface area contributed by atoms with Gasteiger partial charge in [0.15, 0.2) is 11.5 Å². The van der Waals surface area contributed by atoms with Gasteiger partial charge in [0.05, 0.1) is 0 Å². The van der Waals surface area contributed by atoms with Crippen LogP contribution in [0, 0.1) is 0 Å². The first-order chi connectivity index (χ1) is 18.9. The summed E-state index contributed by atoms with van der Waals surface area (Å²) >= 11 is 0. The molecule has 39 heavy (non-hydrogen) atoms. The maximum Gasteiger partial charge on any atom is 0.260 e. The van der Waals surface area contributed by atoms with Gasteiger partial charge in [0.25, 0.3) is 11.5 Å². The molecule has 2 aromatic carbocycles. The zero-order valence-electron chi connectivity index (χ0n) is 22.5. The lowest BCUT2D eigenvalue weighted by Gasteiger charge is -2.29. The Morgan fingerprint density at radius 2 is 1.72 bits per heavy atom. The molecule has 1 aliphatic heterocycles. The van der Waals surface area contributed by atoms with Crippen molar-refractivity contribution in [3.05, 3.63) is 76.2 Å². The van der Waals surface area contributed by atoms with Crippen molar-refractivity contribution in [3.63, 3.8) is 0 Å². The molecule has 0 bridgehead atoms. The number of benzene rings is 2. The standard InChI is InChI=1S/C30H36N4O5/c1-34(2)13-14-37-25-10-3-20(4-11-25)17-31-23-6-8-24(9-7-23)33-30(36)26-15-22(18-32-29(26)35)21-5-12-27-28(16-21)39-19-38-27/h3-5,10-12,15-16,18,23-24,31H,6-9,13-14,17,19H2,1-2H3,(H,32,35)(H,33,36). The summed E-state index contributed by atoms with van der Waals surface area (Å²) in [4.78, 5) is 30.3. The summed E-state index contributed by atoms with van der Waals surface area (Å²) in [7, 11) is 4.06. The summed E-state index contributed by atoms with van der Waals surface area (Å²) in [5.74, 6) is 1.88. The molecule has 1 aromatic heterocycles. The van der Waals surface area contributed by atoms with E-state index < -0.39 is 5.56 Å². The molecule has 9 nitrogen and oxygen atoms in total. The lowest BCUT2D eigenvalue weighted by Crippen LogP contribution is -2.43. The van der Waals surface area contributed by atoms with Gasteiger partial charge in [0.2, 0.25) is 6.79 Å². The molecule has 3 aromatic rings. The fourth-order valence-corrected chi connectivity index (χ4v) is 4.91. The molecular formula is C30H36N4O5. The molecular weight excluding hydrogens is 496 g/mol. The number of H-pyrrole nitrogens is 1. The van der Waals surface area contributed by atoms with Gasteiger partial charge in [0, 0.05) is 31.4 Å². The van der Waals surface area contributed by atoms with Crippen LogP contribution in [0.5, 0.6) is 17.2 Å². The zero-order chi connectivity index (χ0) is 27.2. The second-order valence-corrected chi connectivity index (χ2v) is 10.4. The number of pyridine rings is 1. The van der Waals surface area contributed by atoms with E-state index in [1.54, 1.807) is 12.3 Å². The number of hydrogen-bond acceptors (Lipinski definition) is 7. The topological polar surface area (TPSA) is 105 Å². The minimum absolute atomic E-state index is 0.0442. The van der Waals surface area contributed by atoms with Gasteiger partial charge in [-0.3, -0.25) is 9.59 Å². The maximum atomic E-state index is 13.0. The normalized spacial score (nSPS) is 18.2. The first kappa shape index (κ1) is 26.8. The predicted molar refractivity (Wildman–Crippen MR) is 149 cm³/mol. The number of likely N-dealkylation sites (N-methyl/N-ethyl adjacent to an activating group) is 1. The van der Waals surface area contributed by atoms with Crippen LogP contribution in [0.3, 0.4) is 0 Å². The summed E-state index contributed by atoms with van der Waals surface area (Å²) in [6, 6.07) is 15.9. The minimum Gasteiger partial charge on any atom is -0.492 e. The van der Waals surface area contributed by atoms with Gasteiger partial charge in [-0.1, -0.05) is 18.2 Å². The molecule has 1 amide bonds. The Labute approximate surface area is 228 Å². The Hall–Kier alpha value is -3.82. The first-order valence-electron chi connectivity index (χ1n) is 13.5. The lowest BCUT2D eigenvalue weighted by molar-refractivity contribution is 0.0922. The number of carbonyl (C=O) groups is 1. The Balaban J connectivity index is 1.09. The molecule has 5 rings (SSSR count). The molecule has 0 radical (unpaired) electrons. The lowest BCUT2D eigenvalue weighted by atomic mass is 9.90. The van der Waals surface area contributed by atoms with Crippen LogP contribution in [0.15, 0.2) is 59.5 Å². The van der Waals surface area contributed by atoms with Crippen molar-refractivity contribution in [1.29, 1.82) is 0 Å². The summed E-state index contributed by atoms with van der Waals surface area (Å²) < 4.78 is 16.6. The highest BCUT2D eigenvalue weighted by molar-refractivity contribution is 5.95. The third kappa shape index (κ3) is 6.99. The molecule has 3 N–H and O–H groups in total. The van der Waals surface area contributed by atoms with Gasteiger partial charge in [-0.25, -0.2) is 0 Å². The predicted octanol–water partition coefficient (Wildman–Crippen LogP) is 3.54. The van der Waals surface area contributed by atoms with Crippen LogP contribution in [0.25, 0.3) is 11.1 Å². The van der Waals surface area contributed by atoms with E-state index >= 15 is 0 Å². The highest BCUT2D eigenvalue weighted by Crippen LogP contribution is 2.35. The number of hydrogen-bond donors (Lipinski definition) is 3. The summed E-state index contributed by atoms with van der Waals surface area (Å²) in [5.41, 5.74) is 2.50. The number of amides is 1. The summed E-state index contributed by atoms with van der Waals surface area (Å²) in [6.07, 6.45) is 5.26. The quantitative estimate of drug-likeness (QED) is 0.367. The average molecular weight is 533 g/mol. The number of aromatic nitrogens is 1. The second-order valence-electron chi connectivity index (χ2n) is 10.4. The van der Waals surface area contributed by atoms with Crippen molar-refractivity contribution >= 4 is 5.91 Å². The smallest absolute Gasteiger partial charge is 0.260 e. The van der Waals surface area contributed by atoms with Crippen molar-refractivity contribution in [3.8, 4) is 28.4 Å². The van der Waals surface area contributed by atoms with E-state index in [4.69, 9.17) is 14.2 Å². The molecule has 2 aliphatic rings. The third-order valence-electron chi connectivity index (χ3n) is 7.24. The number of nitrogens with one attached hydrogen (secondary N) is 3. The number of rotatable bonds is 10. The highest BCUT2D eigenvalue weighted by Gasteiger charge is 2.24. The van der Waals surface area contributed by atoms with Gasteiger partial charge in [-0.2, -0.15) is 0 Å². The molecule has 1 fully saturated rings. The molecule has 1 aliphatic carbocycles. The van der Waals surface area contributed by atoms with Crippen molar-refractivity contribution in [2.24, 2.45) is 0 Å². The van der Waals surface area contributed by atoms with Gasteiger partial charge < -0.3 is 34.7 Å². The molecule has 206 valence electrons. The van der Waals surface area contributed by atoms with E-state index in [0.717, 1.165) is 55.6 Å². The molecule has 0 atom stereocenters. The first-order valence-corrected chi connectivity index (χ1v) is 13.5. The number of ether oxygens (including phenoxy) is 3. The highest BCUT2D eigenvalue weighted by atomic mass is 16.7. The van der Waals surface area contributed by atoms with E-state index in [0.29, 0.717) is 24.1 Å². The van der Waals surface area contributed by atoms with Crippen LogP contribution in [-0.2, 0) is 6.54 Å². The average Bonchev–Trinajstić information content (AvgIpc) is 3.41. The Bertz CT molecular complexity index is 1330. The maximum absolute atomic E-state index is 13.0. The molecule has 9 heteroatoms. The Kier molecular flexibility index (Phi) is 8.48. The molecule has 0 saturated heterocycles. The van der Waals surface area contributed by atoms with Crippen LogP contribution in [-0.4, -0.2) is 61.9 Å². The molecule has 0 unspecified atom stereocenters. The van der Waals surface area contributed by atoms with Crippen LogP contribution >= 0.6 is 0 Å². The molecule has 1 saturated carbocycles. The van der Waals surface area contributed by atoms with Crippen LogP contribution in [0.1, 0.15) is 41.6 Å². The van der Waals surface area contributed by atoms with E-state index in [1.165, 1.54) is 5.56 Å². The number of fused-ring (bicyclic) bond motifs is 1. The van der Waals surface area contributed by atoms with Crippen molar-refractivity contribution in [2.45, 2.75) is 44.3 Å². The van der Waals surface area contributed by atoms with Crippen LogP contribution in [0.4, 0.5) is 0 Å². The fourth-order valence-electron chi connectivity index (χ4n) is 4.91. The van der Waals surface area contributed by atoms with E-state index in [2.05, 4.69) is 32.7 Å². The van der Waals surface area contributed by atoms with E-state index in [1.807, 2.05) is 44.4 Å². The number of aromatic amines is 1. The molecule has 2 heterocycles. The van der Waals surface area contributed by atoms with Gasteiger partial charge in [-0.15, -0.1) is 0 Å². The van der Waals surface area contributed by atoms with E-state index in [-0.39, 0.29) is 24.3 Å². The zero-order valence-corrected chi connectivity index (χ0v) is 22.5. The van der Waals surface area contributed by atoms with Gasteiger partial charge in [-0.05, 0) is 86.8 Å². The summed E-state index contributed by atoms with van der Waals surface area (Å²) in [5, 5.41) is 6.71. The van der Waals surface area contributed by atoms with Crippen molar-refractivity contribution < 1.29 is 19.0 Å². The van der Waals surface area contributed by atoms with Gasteiger partial charge in [0.1, 0.15) is 17.9 Å². The minimum atomic E-state index is -0.401. The monoisotopic (exact) mass is 532 g/mol. The Morgan fingerprint density at radius 3 is 2.49 bits per heavy atom. The second kappa shape index (κ2) is 12.4. The van der Waals surface area contributed by atoms with Crippen LogP contribution in [0.2, 0.25) is 0 Å². The third-order valence-corrected chi connectivity index (χ3v) is 7.24. The van der Waals surface area contributed by atoms with Crippen LogP contribution < -0.4 is 30.4 Å². The SMILES string of the molecule is CN(C)CCOc1ccc(CNC2CCC(NC(=O)c3cc(-c4ccc5c(c4)OCO5)c[nH]c3=O)CC2)cc1. The van der Waals surface area contributed by atoms with Crippen molar-refractivity contribution in [1.82, 2.24) is 20.5 Å². The van der Waals surface area contributed by atoms with E-state index in [9.17, 15) is 9.59 Å². The molecule has 0 spiro atoms. The Morgan fingerprint density at radius 1 is 0.974 bits per heavy atom.